The van der Waals surface area contributed by atoms with Crippen molar-refractivity contribution in [3.63, 3.8) is 0 Å². The van der Waals surface area contributed by atoms with Gasteiger partial charge in [0.15, 0.2) is 0 Å². The molecule has 27 heavy (non-hydrogen) atoms. The molecule has 4 heterocycles. The van der Waals surface area contributed by atoms with Gasteiger partial charge in [0.05, 0.1) is 24.3 Å². The van der Waals surface area contributed by atoms with Gasteiger partial charge in [0.25, 0.3) is 5.91 Å². The minimum atomic E-state index is -0.0763. The lowest BCUT2D eigenvalue weighted by molar-refractivity contribution is 0.0299. The Hall–Kier alpha value is -3.25. The first kappa shape index (κ1) is 16.0. The fourth-order valence-electron chi connectivity index (χ4n) is 3.39. The SMILES string of the molecule is O=C(c1ccc2cncc(-c3cc4ccccc4o3)c2n1)N1CCOCC1. The van der Waals surface area contributed by atoms with Gasteiger partial charge in [-0.2, -0.15) is 0 Å². The molecule has 1 aromatic carbocycles. The molecule has 5 rings (SSSR count). The van der Waals surface area contributed by atoms with Crippen molar-refractivity contribution >= 4 is 27.8 Å². The van der Waals surface area contributed by atoms with Crippen molar-refractivity contribution in [2.45, 2.75) is 0 Å². The Kier molecular flexibility index (Phi) is 3.83. The molecule has 6 heteroatoms. The number of fused-ring (bicyclic) bond motifs is 2. The van der Waals surface area contributed by atoms with Gasteiger partial charge in [-0.3, -0.25) is 9.78 Å². The molecule has 134 valence electrons. The minimum Gasteiger partial charge on any atom is -0.456 e. The van der Waals surface area contributed by atoms with Gasteiger partial charge in [-0.05, 0) is 24.3 Å². The summed E-state index contributed by atoms with van der Waals surface area (Å²) >= 11 is 0. The monoisotopic (exact) mass is 359 g/mol. The van der Waals surface area contributed by atoms with Crippen molar-refractivity contribution in [1.29, 1.82) is 0 Å². The highest BCUT2D eigenvalue weighted by molar-refractivity contribution is 5.99. The molecule has 1 saturated heterocycles. The predicted octanol–water partition coefficient (Wildman–Crippen LogP) is 3.52. The summed E-state index contributed by atoms with van der Waals surface area (Å²) in [5, 5.41) is 1.89. The zero-order valence-corrected chi connectivity index (χ0v) is 14.6. The summed E-state index contributed by atoms with van der Waals surface area (Å²) in [6.07, 6.45) is 3.48. The number of para-hydroxylation sites is 1. The van der Waals surface area contributed by atoms with Crippen molar-refractivity contribution in [1.82, 2.24) is 14.9 Å². The number of ether oxygens (including phenoxy) is 1. The third-order valence-corrected chi connectivity index (χ3v) is 4.81. The van der Waals surface area contributed by atoms with Gasteiger partial charge in [0.2, 0.25) is 0 Å². The van der Waals surface area contributed by atoms with Crippen LogP contribution in [0, 0.1) is 0 Å². The molecule has 0 N–H and O–H groups in total. The molecule has 0 aliphatic carbocycles. The van der Waals surface area contributed by atoms with Gasteiger partial charge >= 0.3 is 0 Å². The van der Waals surface area contributed by atoms with E-state index in [4.69, 9.17) is 9.15 Å². The van der Waals surface area contributed by atoms with Crippen LogP contribution in [-0.4, -0.2) is 47.1 Å². The first-order chi connectivity index (χ1) is 13.3. The zero-order chi connectivity index (χ0) is 18.2. The zero-order valence-electron chi connectivity index (χ0n) is 14.6. The normalized spacial score (nSPS) is 14.7. The van der Waals surface area contributed by atoms with Gasteiger partial charge < -0.3 is 14.1 Å². The molecule has 3 aromatic heterocycles. The molecule has 0 saturated carbocycles. The predicted molar refractivity (Wildman–Crippen MR) is 101 cm³/mol. The first-order valence-electron chi connectivity index (χ1n) is 8.90. The van der Waals surface area contributed by atoms with E-state index in [2.05, 4.69) is 9.97 Å². The van der Waals surface area contributed by atoms with Crippen LogP contribution in [0.2, 0.25) is 0 Å². The number of rotatable bonds is 2. The quantitative estimate of drug-likeness (QED) is 0.548. The lowest BCUT2D eigenvalue weighted by Crippen LogP contribution is -2.41. The maximum Gasteiger partial charge on any atom is 0.272 e. The Bertz CT molecular complexity index is 1110. The Labute approximate surface area is 155 Å². The van der Waals surface area contributed by atoms with Crippen LogP contribution in [0.4, 0.5) is 0 Å². The number of furan rings is 1. The molecule has 4 aromatic rings. The number of aromatic nitrogens is 2. The van der Waals surface area contributed by atoms with Gasteiger partial charge in [-0.15, -0.1) is 0 Å². The van der Waals surface area contributed by atoms with E-state index in [1.807, 2.05) is 36.4 Å². The number of benzene rings is 1. The van der Waals surface area contributed by atoms with E-state index >= 15 is 0 Å². The molecule has 0 radical (unpaired) electrons. The highest BCUT2D eigenvalue weighted by Crippen LogP contribution is 2.31. The van der Waals surface area contributed by atoms with Crippen LogP contribution in [0.1, 0.15) is 10.5 Å². The maximum atomic E-state index is 12.8. The van der Waals surface area contributed by atoms with Crippen molar-refractivity contribution in [2.24, 2.45) is 0 Å². The maximum absolute atomic E-state index is 12.8. The number of carbonyl (C=O) groups is 1. The van der Waals surface area contributed by atoms with E-state index in [1.54, 1.807) is 23.4 Å². The second-order valence-electron chi connectivity index (χ2n) is 6.51. The fourth-order valence-corrected chi connectivity index (χ4v) is 3.39. The van der Waals surface area contributed by atoms with Crippen LogP contribution in [0.25, 0.3) is 33.2 Å². The Balaban J connectivity index is 1.61. The largest absolute Gasteiger partial charge is 0.456 e. The Morgan fingerprint density at radius 1 is 1.00 bits per heavy atom. The Morgan fingerprint density at radius 3 is 2.70 bits per heavy atom. The van der Waals surface area contributed by atoms with Crippen LogP contribution >= 0.6 is 0 Å². The molecule has 1 fully saturated rings. The number of hydrogen-bond acceptors (Lipinski definition) is 5. The van der Waals surface area contributed by atoms with Gasteiger partial charge in [0.1, 0.15) is 17.0 Å². The highest BCUT2D eigenvalue weighted by Gasteiger charge is 2.21. The number of pyridine rings is 2. The molecule has 0 spiro atoms. The Morgan fingerprint density at radius 2 is 1.85 bits per heavy atom. The molecule has 6 nitrogen and oxygen atoms in total. The van der Waals surface area contributed by atoms with E-state index in [1.165, 1.54) is 0 Å². The van der Waals surface area contributed by atoms with E-state index in [9.17, 15) is 4.79 Å². The summed E-state index contributed by atoms with van der Waals surface area (Å²) in [5.74, 6) is 0.616. The standard InChI is InChI=1S/C21H17N3O3/c25-21(24-7-9-26-10-8-24)17-6-5-15-12-22-13-16(20(15)23-17)19-11-14-3-1-2-4-18(14)27-19/h1-6,11-13H,7-10H2. The molecule has 1 aliphatic heterocycles. The summed E-state index contributed by atoms with van der Waals surface area (Å²) in [7, 11) is 0. The van der Waals surface area contributed by atoms with E-state index in [-0.39, 0.29) is 5.91 Å². The number of hydrogen-bond donors (Lipinski definition) is 0. The average molecular weight is 359 g/mol. The summed E-state index contributed by atoms with van der Waals surface area (Å²) < 4.78 is 11.3. The first-order valence-corrected chi connectivity index (χ1v) is 8.90. The van der Waals surface area contributed by atoms with Crippen molar-refractivity contribution in [3.05, 3.63) is 60.6 Å². The van der Waals surface area contributed by atoms with Crippen molar-refractivity contribution in [3.8, 4) is 11.3 Å². The average Bonchev–Trinajstić information content (AvgIpc) is 3.17. The summed E-state index contributed by atoms with van der Waals surface area (Å²) in [6, 6.07) is 13.5. The van der Waals surface area contributed by atoms with Crippen molar-refractivity contribution < 1.29 is 13.9 Å². The van der Waals surface area contributed by atoms with E-state index in [0.29, 0.717) is 43.3 Å². The summed E-state index contributed by atoms with van der Waals surface area (Å²) in [4.78, 5) is 23.6. The van der Waals surface area contributed by atoms with Crippen LogP contribution in [0.5, 0.6) is 0 Å². The second-order valence-corrected chi connectivity index (χ2v) is 6.51. The molecule has 1 aliphatic rings. The lowest BCUT2D eigenvalue weighted by atomic mass is 10.1. The lowest BCUT2D eigenvalue weighted by Gasteiger charge is -2.26. The molecule has 0 unspecified atom stereocenters. The van der Waals surface area contributed by atoms with Crippen LogP contribution in [-0.2, 0) is 4.74 Å². The topological polar surface area (TPSA) is 68.5 Å². The van der Waals surface area contributed by atoms with Crippen LogP contribution in [0.15, 0.2) is 59.3 Å². The van der Waals surface area contributed by atoms with Gasteiger partial charge in [0, 0.05) is 36.3 Å². The summed E-state index contributed by atoms with van der Waals surface area (Å²) in [6.45, 7) is 2.30. The molecule has 0 bridgehead atoms. The third kappa shape index (κ3) is 2.84. The third-order valence-electron chi connectivity index (χ3n) is 4.81. The molecular weight excluding hydrogens is 342 g/mol. The van der Waals surface area contributed by atoms with Crippen LogP contribution in [0.3, 0.4) is 0 Å². The number of morpholine rings is 1. The highest BCUT2D eigenvalue weighted by atomic mass is 16.5. The van der Waals surface area contributed by atoms with Crippen molar-refractivity contribution in [2.75, 3.05) is 26.3 Å². The fraction of sp³-hybridized carbons (Fsp3) is 0.190. The van der Waals surface area contributed by atoms with E-state index < -0.39 is 0 Å². The number of nitrogens with zero attached hydrogens (tertiary/aromatic N) is 3. The number of carbonyl (C=O) groups excluding carboxylic acids is 1. The second kappa shape index (κ2) is 6.48. The van der Waals surface area contributed by atoms with E-state index in [0.717, 1.165) is 21.9 Å². The molecule has 1 amide bonds. The molecule has 0 atom stereocenters. The van der Waals surface area contributed by atoms with Gasteiger partial charge in [-0.1, -0.05) is 18.2 Å². The smallest absolute Gasteiger partial charge is 0.272 e. The minimum absolute atomic E-state index is 0.0763. The van der Waals surface area contributed by atoms with Gasteiger partial charge in [-0.25, -0.2) is 4.98 Å². The number of amides is 1. The molecular formula is C21H17N3O3. The summed E-state index contributed by atoms with van der Waals surface area (Å²) in [5.41, 5.74) is 2.72. The van der Waals surface area contributed by atoms with Crippen LogP contribution < -0.4 is 0 Å².